The average molecular weight is 353 g/mol. The second kappa shape index (κ2) is 10.5. The number of hydrogen-bond acceptors (Lipinski definition) is 2. The van der Waals surface area contributed by atoms with Crippen molar-refractivity contribution in [1.29, 1.82) is 0 Å². The molecule has 2 rings (SSSR count). The van der Waals surface area contributed by atoms with Gasteiger partial charge in [0.15, 0.2) is 0 Å². The van der Waals surface area contributed by atoms with Crippen LogP contribution in [0.3, 0.4) is 0 Å². The maximum atomic E-state index is 12.1. The number of fused-ring (bicyclic) bond motifs is 1. The molecule has 0 saturated carbocycles. The molecular weight excluding hydrogens is 329 g/mol. The van der Waals surface area contributed by atoms with Gasteiger partial charge in [0.25, 0.3) is 0 Å². The molecule has 0 aromatic carbocycles. The molecule has 0 spiro atoms. The number of alkyl halides is 3. The predicted molar refractivity (Wildman–Crippen MR) is 88.7 cm³/mol. The number of rotatable bonds is 4. The van der Waals surface area contributed by atoms with Crippen LogP contribution in [-0.2, 0) is 13.2 Å². The fraction of sp³-hybridized carbons (Fsp3) is 0.562. The molecule has 0 aliphatic carbocycles. The van der Waals surface area contributed by atoms with Crippen molar-refractivity contribution >= 4 is 22.6 Å². The lowest BCUT2D eigenvalue weighted by molar-refractivity contribution is -0.135. The van der Waals surface area contributed by atoms with Crippen LogP contribution in [-0.4, -0.2) is 20.8 Å². The quantitative estimate of drug-likeness (QED) is 0.730. The second-order valence-electron chi connectivity index (χ2n) is 4.20. The van der Waals surface area contributed by atoms with Crippen molar-refractivity contribution in [3.05, 3.63) is 29.0 Å². The number of halogens is 4. The van der Waals surface area contributed by atoms with Crippen LogP contribution in [0.1, 0.15) is 46.2 Å². The van der Waals surface area contributed by atoms with Crippen LogP contribution in [0.15, 0.2) is 18.2 Å². The van der Waals surface area contributed by atoms with E-state index >= 15 is 0 Å². The monoisotopic (exact) mass is 352 g/mol. The van der Waals surface area contributed by atoms with Crippen molar-refractivity contribution in [2.24, 2.45) is 0 Å². The minimum atomic E-state index is -4.16. The molecule has 132 valence electrons. The van der Waals surface area contributed by atoms with E-state index in [-0.39, 0.29) is 19.6 Å². The highest BCUT2D eigenvalue weighted by atomic mass is 35.5. The fourth-order valence-electron chi connectivity index (χ4n) is 2.00. The zero-order valence-corrected chi connectivity index (χ0v) is 14.7. The van der Waals surface area contributed by atoms with Gasteiger partial charge in [0.05, 0.1) is 17.6 Å². The highest BCUT2D eigenvalue weighted by Crippen LogP contribution is 2.25. The van der Waals surface area contributed by atoms with Crippen LogP contribution < -0.4 is 0 Å². The van der Waals surface area contributed by atoms with Crippen molar-refractivity contribution in [3.8, 4) is 0 Å². The Balaban J connectivity index is 0.00000112. The Kier molecular flexibility index (Phi) is 9.91. The Bertz CT molecular complexity index is 582. The predicted octanol–water partition coefficient (Wildman–Crippen LogP) is 5.58. The largest absolute Gasteiger partial charge is 0.390 e. The molecule has 0 aliphatic rings. The Labute approximate surface area is 140 Å². The number of aryl methyl sites for hydroxylation is 1. The molecule has 0 fully saturated rings. The molecule has 0 amide bonds. The second-order valence-corrected chi connectivity index (χ2v) is 4.59. The lowest BCUT2D eigenvalue weighted by Crippen LogP contribution is -2.10. The third kappa shape index (κ3) is 6.79. The first-order chi connectivity index (χ1) is 10.9. The van der Waals surface area contributed by atoms with Crippen molar-refractivity contribution in [2.45, 2.75) is 59.9 Å². The molecular formula is C16H24ClF3N2O. The van der Waals surface area contributed by atoms with Crippen molar-refractivity contribution < 1.29 is 18.3 Å². The highest BCUT2D eigenvalue weighted by molar-refractivity contribution is 6.29. The van der Waals surface area contributed by atoms with Gasteiger partial charge >= 0.3 is 6.18 Å². The van der Waals surface area contributed by atoms with Gasteiger partial charge in [-0.05, 0) is 24.6 Å². The molecule has 23 heavy (non-hydrogen) atoms. The van der Waals surface area contributed by atoms with Gasteiger partial charge < -0.3 is 9.67 Å². The number of hydrogen-bond donors (Lipinski definition) is 1. The van der Waals surface area contributed by atoms with Gasteiger partial charge in [0, 0.05) is 18.7 Å². The molecule has 0 aliphatic heterocycles. The maximum Gasteiger partial charge on any atom is 0.389 e. The summed E-state index contributed by atoms with van der Waals surface area (Å²) in [6, 6.07) is 4.90. The summed E-state index contributed by atoms with van der Waals surface area (Å²) in [5.74, 6) is 0. The van der Waals surface area contributed by atoms with Crippen LogP contribution in [0, 0.1) is 0 Å². The molecule has 3 nitrogen and oxygen atoms in total. The Hall–Kier alpha value is -1.27. The zero-order chi connectivity index (χ0) is 18.0. The number of pyridine rings is 1. The summed E-state index contributed by atoms with van der Waals surface area (Å²) in [4.78, 5) is 4.07. The molecule has 0 bridgehead atoms. The number of aliphatic hydroxyl groups is 1. The third-order valence-electron chi connectivity index (χ3n) is 2.81. The van der Waals surface area contributed by atoms with Gasteiger partial charge in [-0.15, -0.1) is 0 Å². The maximum absolute atomic E-state index is 12.1. The molecule has 0 saturated heterocycles. The lowest BCUT2D eigenvalue weighted by Gasteiger charge is -2.10. The average Bonchev–Trinajstić information content (AvgIpc) is 2.87. The summed E-state index contributed by atoms with van der Waals surface area (Å²) in [5, 5.41) is 9.55. The summed E-state index contributed by atoms with van der Waals surface area (Å²) in [6.45, 7) is 7.93. The smallest absolute Gasteiger partial charge is 0.389 e. The first-order valence-corrected chi connectivity index (χ1v) is 8.11. The fourth-order valence-corrected chi connectivity index (χ4v) is 2.15. The topological polar surface area (TPSA) is 38.1 Å². The SMILES string of the molecule is CC.CC.OCc1cc2nc(Cl)ccc2n1CCCC(F)(F)F. The van der Waals surface area contributed by atoms with Gasteiger partial charge in [-0.2, -0.15) is 13.2 Å². The summed E-state index contributed by atoms with van der Waals surface area (Å²) < 4.78 is 38.1. The van der Waals surface area contributed by atoms with E-state index in [0.29, 0.717) is 21.9 Å². The molecule has 2 aromatic heterocycles. The van der Waals surface area contributed by atoms with Crippen LogP contribution in [0.25, 0.3) is 11.0 Å². The van der Waals surface area contributed by atoms with Gasteiger partial charge in [-0.3, -0.25) is 0 Å². The highest BCUT2D eigenvalue weighted by Gasteiger charge is 2.26. The van der Waals surface area contributed by atoms with Crippen molar-refractivity contribution in [1.82, 2.24) is 9.55 Å². The Morgan fingerprint density at radius 1 is 1.17 bits per heavy atom. The number of aliphatic hydroxyl groups excluding tert-OH is 1. The Morgan fingerprint density at radius 3 is 2.30 bits per heavy atom. The number of nitrogens with zero attached hydrogens (tertiary/aromatic N) is 2. The molecule has 2 heterocycles. The zero-order valence-electron chi connectivity index (χ0n) is 13.9. The van der Waals surface area contributed by atoms with Crippen LogP contribution >= 0.6 is 11.6 Å². The van der Waals surface area contributed by atoms with E-state index in [1.165, 1.54) is 0 Å². The minimum Gasteiger partial charge on any atom is -0.390 e. The summed E-state index contributed by atoms with van der Waals surface area (Å²) >= 11 is 5.76. The van der Waals surface area contributed by atoms with E-state index in [0.717, 1.165) is 0 Å². The van der Waals surface area contributed by atoms with Gasteiger partial charge in [0.1, 0.15) is 5.15 Å². The van der Waals surface area contributed by atoms with Crippen molar-refractivity contribution in [3.63, 3.8) is 0 Å². The standard InChI is InChI=1S/C12H12ClF3N2O.2C2H6/c13-11-3-2-10-9(17-11)6-8(7-19)18(10)5-1-4-12(14,15)16;2*1-2/h2-3,6,19H,1,4-5,7H2;2*1-2H3. The van der Waals surface area contributed by atoms with Crippen molar-refractivity contribution in [2.75, 3.05) is 0 Å². The Morgan fingerprint density at radius 2 is 1.78 bits per heavy atom. The van der Waals surface area contributed by atoms with Gasteiger partial charge in [0.2, 0.25) is 0 Å². The van der Waals surface area contributed by atoms with Gasteiger partial charge in [-0.25, -0.2) is 4.98 Å². The van der Waals surface area contributed by atoms with Crippen LogP contribution in [0.5, 0.6) is 0 Å². The van der Waals surface area contributed by atoms with E-state index < -0.39 is 12.6 Å². The summed E-state index contributed by atoms with van der Waals surface area (Å²) in [5.41, 5.74) is 1.78. The van der Waals surface area contributed by atoms with E-state index in [2.05, 4.69) is 4.98 Å². The molecule has 0 unspecified atom stereocenters. The molecule has 0 radical (unpaired) electrons. The van der Waals surface area contributed by atoms with E-state index in [1.54, 1.807) is 22.8 Å². The summed E-state index contributed by atoms with van der Waals surface area (Å²) in [6.07, 6.45) is -5.05. The molecule has 2 aromatic rings. The summed E-state index contributed by atoms with van der Waals surface area (Å²) in [7, 11) is 0. The van der Waals surface area contributed by atoms with E-state index in [9.17, 15) is 18.3 Å². The van der Waals surface area contributed by atoms with Crippen LogP contribution in [0.2, 0.25) is 5.15 Å². The molecule has 0 atom stereocenters. The van der Waals surface area contributed by atoms with Crippen LogP contribution in [0.4, 0.5) is 13.2 Å². The first-order valence-electron chi connectivity index (χ1n) is 7.73. The molecule has 1 N–H and O–H groups in total. The third-order valence-corrected chi connectivity index (χ3v) is 3.02. The van der Waals surface area contributed by atoms with E-state index in [1.807, 2.05) is 27.7 Å². The lowest BCUT2D eigenvalue weighted by atomic mass is 10.3. The first kappa shape index (κ1) is 21.7. The normalized spacial score (nSPS) is 10.7. The van der Waals surface area contributed by atoms with Gasteiger partial charge in [-0.1, -0.05) is 39.3 Å². The number of aromatic nitrogens is 2. The molecule has 7 heteroatoms. The van der Waals surface area contributed by atoms with E-state index in [4.69, 9.17) is 11.6 Å². The minimum absolute atomic E-state index is 0.0388.